The number of nitrogens with zero attached hydrogens (tertiary/aromatic N) is 2. The van der Waals surface area contributed by atoms with Gasteiger partial charge in [-0.15, -0.1) is 0 Å². The van der Waals surface area contributed by atoms with E-state index in [2.05, 4.69) is 5.10 Å². The monoisotopic (exact) mass is 210 g/mol. The maximum absolute atomic E-state index is 10.4. The van der Waals surface area contributed by atoms with Crippen molar-refractivity contribution in [3.8, 4) is 0 Å². The van der Waals surface area contributed by atoms with Crippen molar-refractivity contribution in [1.29, 1.82) is 0 Å². The van der Waals surface area contributed by atoms with Crippen LogP contribution < -0.4 is 0 Å². The van der Waals surface area contributed by atoms with Gasteiger partial charge in [-0.25, -0.2) is 0 Å². The first kappa shape index (κ1) is 10.6. The van der Waals surface area contributed by atoms with Crippen LogP contribution in [0.3, 0.4) is 0 Å². The molecule has 1 aliphatic rings. The first-order valence-electron chi connectivity index (χ1n) is 5.47. The van der Waals surface area contributed by atoms with E-state index in [1.807, 2.05) is 19.3 Å². The molecule has 0 spiro atoms. The molecule has 0 radical (unpaired) electrons. The zero-order valence-electron chi connectivity index (χ0n) is 9.15. The van der Waals surface area contributed by atoms with Crippen LogP contribution in [0.5, 0.6) is 0 Å². The molecule has 1 N–H and O–H groups in total. The molecular weight excluding hydrogens is 192 g/mol. The molecule has 1 fully saturated rings. The SMILES string of the molecule is Cn1ccc(CC2(O)CCCOCC2)n1. The Labute approximate surface area is 89.9 Å². The molecule has 0 aliphatic carbocycles. The molecule has 2 rings (SSSR count). The lowest BCUT2D eigenvalue weighted by molar-refractivity contribution is 0.0179. The molecule has 4 heteroatoms. The minimum Gasteiger partial charge on any atom is -0.389 e. The first-order chi connectivity index (χ1) is 7.18. The van der Waals surface area contributed by atoms with E-state index in [-0.39, 0.29) is 0 Å². The zero-order valence-corrected chi connectivity index (χ0v) is 9.15. The summed E-state index contributed by atoms with van der Waals surface area (Å²) >= 11 is 0. The van der Waals surface area contributed by atoms with Gasteiger partial charge < -0.3 is 9.84 Å². The molecule has 1 aliphatic heterocycles. The summed E-state index contributed by atoms with van der Waals surface area (Å²) in [5.74, 6) is 0. The van der Waals surface area contributed by atoms with Crippen LogP contribution >= 0.6 is 0 Å². The van der Waals surface area contributed by atoms with Crippen LogP contribution in [0.2, 0.25) is 0 Å². The van der Waals surface area contributed by atoms with Crippen LogP contribution in [0.4, 0.5) is 0 Å². The van der Waals surface area contributed by atoms with Gasteiger partial charge in [-0.05, 0) is 25.3 Å². The Morgan fingerprint density at radius 3 is 3.13 bits per heavy atom. The molecule has 15 heavy (non-hydrogen) atoms. The van der Waals surface area contributed by atoms with Crippen LogP contribution in [-0.2, 0) is 18.2 Å². The second-order valence-electron chi connectivity index (χ2n) is 4.35. The van der Waals surface area contributed by atoms with Crippen molar-refractivity contribution in [2.45, 2.75) is 31.3 Å². The second-order valence-corrected chi connectivity index (χ2v) is 4.35. The molecule has 0 aromatic carbocycles. The third-order valence-electron chi connectivity index (χ3n) is 2.92. The van der Waals surface area contributed by atoms with E-state index >= 15 is 0 Å². The second kappa shape index (κ2) is 4.33. The van der Waals surface area contributed by atoms with Gasteiger partial charge >= 0.3 is 0 Å². The van der Waals surface area contributed by atoms with Crippen LogP contribution in [0.1, 0.15) is 25.0 Å². The summed E-state index contributed by atoms with van der Waals surface area (Å²) in [6, 6.07) is 1.96. The summed E-state index contributed by atoms with van der Waals surface area (Å²) in [6.45, 7) is 1.42. The minimum absolute atomic E-state index is 0.620. The van der Waals surface area contributed by atoms with Crippen molar-refractivity contribution in [1.82, 2.24) is 9.78 Å². The molecule has 0 saturated carbocycles. The van der Waals surface area contributed by atoms with Crippen LogP contribution in [0, 0.1) is 0 Å². The van der Waals surface area contributed by atoms with Crippen molar-refractivity contribution in [3.05, 3.63) is 18.0 Å². The topological polar surface area (TPSA) is 47.3 Å². The number of ether oxygens (including phenoxy) is 1. The molecule has 1 aromatic rings. The van der Waals surface area contributed by atoms with Gasteiger partial charge in [0, 0.05) is 32.9 Å². The molecule has 0 bridgehead atoms. The van der Waals surface area contributed by atoms with Crippen LogP contribution in [0.15, 0.2) is 12.3 Å². The molecule has 2 heterocycles. The maximum atomic E-state index is 10.4. The molecule has 0 amide bonds. The standard InChI is InChI=1S/C11H18N2O2/c1-13-6-3-10(12-13)9-11(14)4-2-7-15-8-5-11/h3,6,14H,2,4-5,7-9H2,1H3. The summed E-state index contributed by atoms with van der Waals surface area (Å²) in [5.41, 5.74) is 0.340. The van der Waals surface area contributed by atoms with Crippen molar-refractivity contribution in [3.63, 3.8) is 0 Å². The smallest absolute Gasteiger partial charge is 0.0726 e. The van der Waals surface area contributed by atoms with Gasteiger partial charge in [0.15, 0.2) is 0 Å². The fraction of sp³-hybridized carbons (Fsp3) is 0.727. The summed E-state index contributed by atoms with van der Waals surface area (Å²) in [6.07, 6.45) is 5.00. The molecule has 84 valence electrons. The molecule has 4 nitrogen and oxygen atoms in total. The molecule has 1 aromatic heterocycles. The Hall–Kier alpha value is -0.870. The van der Waals surface area contributed by atoms with E-state index in [9.17, 15) is 5.11 Å². The molecule has 1 atom stereocenters. The Morgan fingerprint density at radius 1 is 1.53 bits per heavy atom. The minimum atomic E-state index is -0.620. The van der Waals surface area contributed by atoms with Crippen molar-refractivity contribution in [2.75, 3.05) is 13.2 Å². The van der Waals surface area contributed by atoms with Crippen molar-refractivity contribution in [2.24, 2.45) is 7.05 Å². The van der Waals surface area contributed by atoms with Gasteiger partial charge in [-0.2, -0.15) is 5.10 Å². The lowest BCUT2D eigenvalue weighted by Crippen LogP contribution is -2.31. The highest BCUT2D eigenvalue weighted by Crippen LogP contribution is 2.24. The van der Waals surface area contributed by atoms with Gasteiger partial charge in [0.25, 0.3) is 0 Å². The first-order valence-corrected chi connectivity index (χ1v) is 5.47. The van der Waals surface area contributed by atoms with Crippen molar-refractivity contribution < 1.29 is 9.84 Å². The van der Waals surface area contributed by atoms with Gasteiger partial charge in [0.2, 0.25) is 0 Å². The number of aliphatic hydroxyl groups is 1. The lowest BCUT2D eigenvalue weighted by atomic mass is 9.90. The Kier molecular flexibility index (Phi) is 3.07. The average molecular weight is 210 g/mol. The quantitative estimate of drug-likeness (QED) is 0.788. The summed E-state index contributed by atoms with van der Waals surface area (Å²) in [5, 5.41) is 14.7. The van der Waals surface area contributed by atoms with Gasteiger partial charge in [0.05, 0.1) is 11.3 Å². The van der Waals surface area contributed by atoms with E-state index < -0.39 is 5.60 Å². The third kappa shape index (κ3) is 2.79. The highest BCUT2D eigenvalue weighted by molar-refractivity contribution is 5.04. The number of hydrogen-bond donors (Lipinski definition) is 1. The molecule has 1 saturated heterocycles. The summed E-state index contributed by atoms with van der Waals surface area (Å²) in [7, 11) is 1.89. The van der Waals surface area contributed by atoms with Gasteiger partial charge in [-0.1, -0.05) is 0 Å². The average Bonchev–Trinajstić information content (AvgIpc) is 2.46. The summed E-state index contributed by atoms with van der Waals surface area (Å²) < 4.78 is 7.12. The largest absolute Gasteiger partial charge is 0.389 e. The number of rotatable bonds is 2. The zero-order chi connectivity index (χ0) is 10.7. The van der Waals surface area contributed by atoms with Crippen LogP contribution in [0.25, 0.3) is 0 Å². The fourth-order valence-corrected chi connectivity index (χ4v) is 2.06. The number of aromatic nitrogens is 2. The summed E-state index contributed by atoms with van der Waals surface area (Å²) in [4.78, 5) is 0. The van der Waals surface area contributed by atoms with Gasteiger partial charge in [-0.3, -0.25) is 4.68 Å². The normalized spacial score (nSPS) is 27.6. The Balaban J connectivity index is 2.02. The van der Waals surface area contributed by atoms with E-state index in [1.54, 1.807) is 4.68 Å². The van der Waals surface area contributed by atoms with Gasteiger partial charge in [0.1, 0.15) is 0 Å². The lowest BCUT2D eigenvalue weighted by Gasteiger charge is -2.24. The van der Waals surface area contributed by atoms with Crippen LogP contribution in [-0.4, -0.2) is 33.7 Å². The van der Waals surface area contributed by atoms with E-state index in [0.29, 0.717) is 19.4 Å². The fourth-order valence-electron chi connectivity index (χ4n) is 2.06. The third-order valence-corrected chi connectivity index (χ3v) is 2.92. The predicted molar refractivity (Wildman–Crippen MR) is 56.5 cm³/mol. The Bertz CT molecular complexity index is 314. The molecular formula is C11H18N2O2. The van der Waals surface area contributed by atoms with E-state index in [4.69, 9.17) is 4.74 Å². The van der Waals surface area contributed by atoms with Crippen molar-refractivity contribution >= 4 is 0 Å². The highest BCUT2D eigenvalue weighted by Gasteiger charge is 2.29. The maximum Gasteiger partial charge on any atom is 0.0726 e. The predicted octanol–water partition coefficient (Wildman–Crippen LogP) is 0.894. The number of aryl methyl sites for hydroxylation is 1. The number of hydrogen-bond acceptors (Lipinski definition) is 3. The Morgan fingerprint density at radius 2 is 2.40 bits per heavy atom. The highest BCUT2D eigenvalue weighted by atomic mass is 16.5. The molecule has 1 unspecified atom stereocenters. The van der Waals surface area contributed by atoms with E-state index in [0.717, 1.165) is 25.1 Å². The van der Waals surface area contributed by atoms with E-state index in [1.165, 1.54) is 0 Å².